The molecule has 0 aliphatic rings. The van der Waals surface area contributed by atoms with E-state index in [1.54, 1.807) is 12.3 Å². The van der Waals surface area contributed by atoms with E-state index in [0.29, 0.717) is 5.16 Å². The van der Waals surface area contributed by atoms with Crippen molar-refractivity contribution in [3.05, 3.63) is 40.4 Å². The molecule has 0 aliphatic heterocycles. The second-order valence-electron chi connectivity index (χ2n) is 4.30. The van der Waals surface area contributed by atoms with E-state index < -0.39 is 0 Å². The molecule has 0 aromatic carbocycles. The van der Waals surface area contributed by atoms with Gasteiger partial charge < -0.3 is 10.3 Å². The van der Waals surface area contributed by atoms with Gasteiger partial charge in [0.1, 0.15) is 5.82 Å². The third-order valence-electron chi connectivity index (χ3n) is 2.58. The number of nitrogens with zero attached hydrogens (tertiary/aromatic N) is 2. The highest BCUT2D eigenvalue weighted by Crippen LogP contribution is 2.25. The molecule has 5 nitrogen and oxygen atoms in total. The monoisotopic (exact) mass is 290 g/mol. The van der Waals surface area contributed by atoms with Crippen LogP contribution in [0, 0.1) is 0 Å². The number of pyridine rings is 1. The van der Waals surface area contributed by atoms with Crippen LogP contribution in [0.15, 0.2) is 39.2 Å². The van der Waals surface area contributed by atoms with Gasteiger partial charge in [-0.25, -0.2) is 9.97 Å². The van der Waals surface area contributed by atoms with Crippen LogP contribution in [0.4, 0.5) is 5.82 Å². The highest BCUT2D eigenvalue weighted by molar-refractivity contribution is 7.99. The van der Waals surface area contributed by atoms with Crippen molar-refractivity contribution in [1.82, 2.24) is 15.0 Å². The van der Waals surface area contributed by atoms with Crippen LogP contribution in [0.1, 0.15) is 26.0 Å². The summed E-state index contributed by atoms with van der Waals surface area (Å²) in [5.74, 6) is 0.824. The minimum Gasteiger partial charge on any atom is -0.370 e. The van der Waals surface area contributed by atoms with Gasteiger partial charge in [0.15, 0.2) is 5.16 Å². The van der Waals surface area contributed by atoms with Gasteiger partial charge in [0.2, 0.25) is 0 Å². The average molecular weight is 290 g/mol. The van der Waals surface area contributed by atoms with E-state index in [9.17, 15) is 4.79 Å². The summed E-state index contributed by atoms with van der Waals surface area (Å²) >= 11 is 1.44. The highest BCUT2D eigenvalue weighted by Gasteiger charge is 2.04. The van der Waals surface area contributed by atoms with Gasteiger partial charge in [-0.3, -0.25) is 4.79 Å². The fraction of sp³-hybridized carbons (Fsp3) is 0.357. The smallest absolute Gasteiger partial charge is 0.251 e. The van der Waals surface area contributed by atoms with Crippen molar-refractivity contribution < 1.29 is 0 Å². The first-order valence-corrected chi connectivity index (χ1v) is 7.51. The van der Waals surface area contributed by atoms with Gasteiger partial charge in [-0.15, -0.1) is 0 Å². The van der Waals surface area contributed by atoms with Crippen LogP contribution < -0.4 is 10.9 Å². The maximum absolute atomic E-state index is 11.6. The van der Waals surface area contributed by atoms with Crippen molar-refractivity contribution in [3.63, 3.8) is 0 Å². The number of aromatic amines is 1. The Morgan fingerprint density at radius 1 is 1.35 bits per heavy atom. The Balaban J connectivity index is 2.20. The largest absolute Gasteiger partial charge is 0.370 e. The van der Waals surface area contributed by atoms with Gasteiger partial charge in [0, 0.05) is 29.4 Å². The summed E-state index contributed by atoms with van der Waals surface area (Å²) in [5, 5.41) is 3.78. The fourth-order valence-electron chi connectivity index (χ4n) is 1.78. The first kappa shape index (κ1) is 14.6. The van der Waals surface area contributed by atoms with Crippen molar-refractivity contribution in [2.45, 2.75) is 36.7 Å². The Hall–Kier alpha value is -1.82. The lowest BCUT2D eigenvalue weighted by molar-refractivity contribution is 0.816. The fourth-order valence-corrected chi connectivity index (χ4v) is 2.62. The van der Waals surface area contributed by atoms with E-state index in [1.807, 2.05) is 19.1 Å². The molecule has 2 aromatic heterocycles. The first-order valence-electron chi connectivity index (χ1n) is 6.69. The summed E-state index contributed by atoms with van der Waals surface area (Å²) in [7, 11) is 0. The predicted octanol–water partition coefficient (Wildman–Crippen LogP) is 2.70. The Bertz CT molecular complexity index is 627. The maximum atomic E-state index is 11.6. The Morgan fingerprint density at radius 2 is 2.20 bits per heavy atom. The molecule has 0 saturated heterocycles. The molecule has 0 unspecified atom stereocenters. The van der Waals surface area contributed by atoms with E-state index in [-0.39, 0.29) is 5.56 Å². The molecule has 106 valence electrons. The number of aryl methyl sites for hydroxylation is 1. The quantitative estimate of drug-likeness (QED) is 0.800. The van der Waals surface area contributed by atoms with Crippen LogP contribution in [-0.4, -0.2) is 21.5 Å². The molecule has 2 rings (SSSR count). The molecule has 0 aliphatic carbocycles. The van der Waals surface area contributed by atoms with Gasteiger partial charge in [0.05, 0.1) is 0 Å². The van der Waals surface area contributed by atoms with Crippen LogP contribution in [0.25, 0.3) is 0 Å². The molecule has 0 fully saturated rings. The second-order valence-corrected chi connectivity index (χ2v) is 5.36. The van der Waals surface area contributed by atoms with E-state index in [1.165, 1.54) is 11.8 Å². The molecule has 0 atom stereocenters. The molecule has 0 saturated carbocycles. The number of aromatic nitrogens is 3. The zero-order valence-corrected chi connectivity index (χ0v) is 12.5. The van der Waals surface area contributed by atoms with E-state index in [4.69, 9.17) is 0 Å². The minimum absolute atomic E-state index is 0.105. The van der Waals surface area contributed by atoms with E-state index in [0.717, 1.165) is 35.8 Å². The molecular formula is C14H18N4OS. The SMILES string of the molecule is CCCc1cc(=O)[nH]c(Sc2ccnc(NCC)c2)n1. The Labute approximate surface area is 122 Å². The topological polar surface area (TPSA) is 70.7 Å². The van der Waals surface area contributed by atoms with Crippen LogP contribution in [0.3, 0.4) is 0 Å². The second kappa shape index (κ2) is 7.09. The van der Waals surface area contributed by atoms with Crippen LogP contribution in [0.5, 0.6) is 0 Å². The molecule has 20 heavy (non-hydrogen) atoms. The van der Waals surface area contributed by atoms with Gasteiger partial charge in [-0.2, -0.15) is 0 Å². The molecule has 2 aromatic rings. The molecule has 6 heteroatoms. The first-order chi connectivity index (χ1) is 9.71. The van der Waals surface area contributed by atoms with Gasteiger partial charge in [-0.05, 0) is 25.5 Å². The summed E-state index contributed by atoms with van der Waals surface area (Å²) in [6.45, 7) is 4.91. The maximum Gasteiger partial charge on any atom is 0.251 e. The normalized spacial score (nSPS) is 10.5. The lowest BCUT2D eigenvalue weighted by Crippen LogP contribution is -2.09. The molecule has 0 bridgehead atoms. The summed E-state index contributed by atoms with van der Waals surface area (Å²) in [6, 6.07) is 5.41. The Morgan fingerprint density at radius 3 is 2.95 bits per heavy atom. The van der Waals surface area contributed by atoms with E-state index >= 15 is 0 Å². The summed E-state index contributed by atoms with van der Waals surface area (Å²) in [5.41, 5.74) is 0.728. The number of rotatable bonds is 6. The van der Waals surface area contributed by atoms with Gasteiger partial charge in [0.25, 0.3) is 5.56 Å². The van der Waals surface area contributed by atoms with Crippen molar-refractivity contribution in [1.29, 1.82) is 0 Å². The molecule has 2 N–H and O–H groups in total. The summed E-state index contributed by atoms with van der Waals surface area (Å²) < 4.78 is 0. The average Bonchev–Trinajstić information content (AvgIpc) is 2.39. The van der Waals surface area contributed by atoms with Crippen molar-refractivity contribution in [2.24, 2.45) is 0 Å². The van der Waals surface area contributed by atoms with Crippen LogP contribution in [0.2, 0.25) is 0 Å². The zero-order valence-electron chi connectivity index (χ0n) is 11.6. The number of hydrogen-bond donors (Lipinski definition) is 2. The standard InChI is InChI=1S/C14H18N4OS/c1-3-5-10-8-13(19)18-14(17-10)20-11-6-7-16-12(9-11)15-4-2/h6-9H,3-5H2,1-2H3,(H,15,16)(H,17,18,19). The lowest BCUT2D eigenvalue weighted by Gasteiger charge is -2.05. The number of anilines is 1. The van der Waals surface area contributed by atoms with Crippen LogP contribution >= 0.6 is 11.8 Å². The molecule has 0 spiro atoms. The van der Waals surface area contributed by atoms with Crippen molar-refractivity contribution >= 4 is 17.6 Å². The molecule has 2 heterocycles. The zero-order chi connectivity index (χ0) is 14.4. The summed E-state index contributed by atoms with van der Waals surface area (Å²) in [6.07, 6.45) is 3.53. The van der Waals surface area contributed by atoms with E-state index in [2.05, 4.69) is 27.2 Å². The van der Waals surface area contributed by atoms with Crippen molar-refractivity contribution in [2.75, 3.05) is 11.9 Å². The summed E-state index contributed by atoms with van der Waals surface area (Å²) in [4.78, 5) is 24.0. The Kier molecular flexibility index (Phi) is 5.17. The minimum atomic E-state index is -0.105. The predicted molar refractivity (Wildman–Crippen MR) is 81.4 cm³/mol. The van der Waals surface area contributed by atoms with Gasteiger partial charge in [-0.1, -0.05) is 25.1 Å². The number of nitrogens with one attached hydrogen (secondary N) is 2. The van der Waals surface area contributed by atoms with Crippen LogP contribution in [-0.2, 0) is 6.42 Å². The van der Waals surface area contributed by atoms with Crippen molar-refractivity contribution in [3.8, 4) is 0 Å². The molecule has 0 radical (unpaired) electrons. The molecular weight excluding hydrogens is 272 g/mol. The third-order valence-corrected chi connectivity index (χ3v) is 3.46. The number of hydrogen-bond acceptors (Lipinski definition) is 5. The number of H-pyrrole nitrogens is 1. The highest BCUT2D eigenvalue weighted by atomic mass is 32.2. The molecule has 0 amide bonds. The third kappa shape index (κ3) is 4.09. The lowest BCUT2D eigenvalue weighted by atomic mass is 10.2. The van der Waals surface area contributed by atoms with Gasteiger partial charge >= 0.3 is 0 Å².